The van der Waals surface area contributed by atoms with Gasteiger partial charge in [-0.2, -0.15) is 0 Å². The molecule has 1 amide bonds. The van der Waals surface area contributed by atoms with Gasteiger partial charge in [0.2, 0.25) is 5.91 Å². The number of rotatable bonds is 5. The van der Waals surface area contributed by atoms with E-state index in [-0.39, 0.29) is 17.6 Å². The quantitative estimate of drug-likeness (QED) is 0.847. The number of hydrogen-bond donors (Lipinski definition) is 0. The molecule has 0 atom stereocenters. The zero-order valence-electron chi connectivity index (χ0n) is 12.8. The topological polar surface area (TPSA) is 46.3 Å². The first kappa shape index (κ1) is 14.8. The van der Waals surface area contributed by atoms with Crippen LogP contribution in [0.25, 0.3) is 11.3 Å². The number of hydrogen-bond acceptors (Lipinski definition) is 3. The predicted molar refractivity (Wildman–Crippen MR) is 80.3 cm³/mol. The van der Waals surface area contributed by atoms with Gasteiger partial charge in [0.05, 0.1) is 6.54 Å². The van der Waals surface area contributed by atoms with E-state index in [1.165, 1.54) is 12.1 Å². The van der Waals surface area contributed by atoms with Crippen LogP contribution < -0.4 is 0 Å². The summed E-state index contributed by atoms with van der Waals surface area (Å²) in [5.74, 6) is 0.423. The normalized spacial score (nSPS) is 14.4. The summed E-state index contributed by atoms with van der Waals surface area (Å²) in [5, 5.41) is 4.04. The number of carbonyl (C=O) groups excluding carboxylic acids is 1. The molecule has 1 aromatic carbocycles. The minimum Gasteiger partial charge on any atom is -0.356 e. The SMILES string of the molecule is CC(C)C(=O)N(Cc1cc(-c2ccc(F)cc2)on1)C1CC1. The van der Waals surface area contributed by atoms with Crippen molar-refractivity contribution in [2.45, 2.75) is 39.3 Å². The highest BCUT2D eigenvalue weighted by atomic mass is 19.1. The van der Waals surface area contributed by atoms with Gasteiger partial charge in [0, 0.05) is 23.6 Å². The van der Waals surface area contributed by atoms with Crippen LogP contribution in [-0.2, 0) is 11.3 Å². The van der Waals surface area contributed by atoms with Gasteiger partial charge >= 0.3 is 0 Å². The second kappa shape index (κ2) is 5.91. The van der Waals surface area contributed by atoms with Crippen molar-refractivity contribution < 1.29 is 13.7 Å². The molecule has 1 saturated carbocycles. The summed E-state index contributed by atoms with van der Waals surface area (Å²) in [4.78, 5) is 14.2. The largest absolute Gasteiger partial charge is 0.356 e. The molecule has 116 valence electrons. The smallest absolute Gasteiger partial charge is 0.225 e. The van der Waals surface area contributed by atoms with Crippen LogP contribution in [0.4, 0.5) is 4.39 Å². The van der Waals surface area contributed by atoms with Gasteiger partial charge in [0.1, 0.15) is 11.5 Å². The fourth-order valence-corrected chi connectivity index (χ4v) is 2.42. The highest BCUT2D eigenvalue weighted by molar-refractivity contribution is 5.78. The maximum atomic E-state index is 12.9. The third-order valence-corrected chi connectivity index (χ3v) is 3.78. The van der Waals surface area contributed by atoms with Crippen LogP contribution in [-0.4, -0.2) is 22.0 Å². The minimum atomic E-state index is -0.286. The number of aromatic nitrogens is 1. The molecule has 3 rings (SSSR count). The maximum absolute atomic E-state index is 12.9. The Hall–Kier alpha value is -2.17. The molecule has 1 aliphatic carbocycles. The lowest BCUT2D eigenvalue weighted by Crippen LogP contribution is -2.35. The van der Waals surface area contributed by atoms with E-state index in [0.717, 1.165) is 24.1 Å². The molecule has 1 aliphatic rings. The Morgan fingerprint density at radius 2 is 2.05 bits per heavy atom. The molecular weight excluding hydrogens is 283 g/mol. The molecule has 22 heavy (non-hydrogen) atoms. The molecule has 0 bridgehead atoms. The van der Waals surface area contributed by atoms with Gasteiger partial charge in [-0.25, -0.2) is 4.39 Å². The summed E-state index contributed by atoms with van der Waals surface area (Å²) < 4.78 is 18.3. The maximum Gasteiger partial charge on any atom is 0.225 e. The fourth-order valence-electron chi connectivity index (χ4n) is 2.42. The van der Waals surface area contributed by atoms with Gasteiger partial charge in [-0.05, 0) is 37.1 Å². The van der Waals surface area contributed by atoms with Crippen LogP contribution >= 0.6 is 0 Å². The number of halogens is 1. The highest BCUT2D eigenvalue weighted by Gasteiger charge is 2.34. The van der Waals surface area contributed by atoms with E-state index in [0.29, 0.717) is 18.3 Å². The summed E-state index contributed by atoms with van der Waals surface area (Å²) >= 11 is 0. The Morgan fingerprint density at radius 1 is 1.36 bits per heavy atom. The zero-order valence-corrected chi connectivity index (χ0v) is 12.8. The van der Waals surface area contributed by atoms with Gasteiger partial charge in [0.25, 0.3) is 0 Å². The Kier molecular flexibility index (Phi) is 3.96. The van der Waals surface area contributed by atoms with Crippen molar-refractivity contribution in [1.29, 1.82) is 0 Å². The Bertz CT molecular complexity index is 660. The van der Waals surface area contributed by atoms with Crippen molar-refractivity contribution in [3.8, 4) is 11.3 Å². The molecular formula is C17H19FN2O2. The van der Waals surface area contributed by atoms with E-state index in [9.17, 15) is 9.18 Å². The molecule has 0 spiro atoms. The van der Waals surface area contributed by atoms with E-state index in [1.54, 1.807) is 12.1 Å². The number of benzene rings is 1. The first-order chi connectivity index (χ1) is 10.5. The zero-order chi connectivity index (χ0) is 15.7. The third kappa shape index (κ3) is 3.18. The Labute approximate surface area is 128 Å². The van der Waals surface area contributed by atoms with Crippen LogP contribution in [0.3, 0.4) is 0 Å². The van der Waals surface area contributed by atoms with Crippen molar-refractivity contribution in [3.05, 3.63) is 41.8 Å². The molecule has 0 radical (unpaired) electrons. The molecule has 1 fully saturated rings. The Balaban J connectivity index is 1.75. The average Bonchev–Trinajstić information content (AvgIpc) is 3.24. The molecule has 0 N–H and O–H groups in total. The van der Waals surface area contributed by atoms with Crippen LogP contribution in [0, 0.1) is 11.7 Å². The fraction of sp³-hybridized carbons (Fsp3) is 0.412. The van der Waals surface area contributed by atoms with Crippen molar-refractivity contribution in [2.24, 2.45) is 5.92 Å². The number of nitrogens with zero attached hydrogens (tertiary/aromatic N) is 2. The third-order valence-electron chi connectivity index (χ3n) is 3.78. The molecule has 0 aliphatic heterocycles. The number of carbonyl (C=O) groups is 1. The second-order valence-electron chi connectivity index (χ2n) is 6.04. The molecule has 5 heteroatoms. The summed E-state index contributed by atoms with van der Waals surface area (Å²) in [7, 11) is 0. The predicted octanol–water partition coefficient (Wildman–Crippen LogP) is 3.63. The van der Waals surface area contributed by atoms with E-state index >= 15 is 0 Å². The lowest BCUT2D eigenvalue weighted by Gasteiger charge is -2.23. The van der Waals surface area contributed by atoms with Gasteiger partial charge < -0.3 is 9.42 Å². The first-order valence-electron chi connectivity index (χ1n) is 7.56. The first-order valence-corrected chi connectivity index (χ1v) is 7.56. The summed E-state index contributed by atoms with van der Waals surface area (Å²) in [6, 6.07) is 8.22. The van der Waals surface area contributed by atoms with Crippen molar-refractivity contribution >= 4 is 5.91 Å². The van der Waals surface area contributed by atoms with E-state index < -0.39 is 0 Å². The van der Waals surface area contributed by atoms with Gasteiger partial charge in [-0.15, -0.1) is 0 Å². The van der Waals surface area contributed by atoms with Crippen molar-refractivity contribution in [3.63, 3.8) is 0 Å². The molecule has 0 saturated heterocycles. The van der Waals surface area contributed by atoms with E-state index in [1.807, 2.05) is 24.8 Å². The van der Waals surface area contributed by atoms with Crippen molar-refractivity contribution in [1.82, 2.24) is 10.1 Å². The standard InChI is InChI=1S/C17H19FN2O2/c1-11(2)17(21)20(15-7-8-15)10-14-9-16(22-19-14)12-3-5-13(18)6-4-12/h3-6,9,11,15H,7-8,10H2,1-2H3. The summed E-state index contributed by atoms with van der Waals surface area (Å²) in [6.45, 7) is 4.28. The average molecular weight is 302 g/mol. The summed E-state index contributed by atoms with van der Waals surface area (Å²) in [5.41, 5.74) is 1.49. The lowest BCUT2D eigenvalue weighted by molar-refractivity contribution is -0.135. The molecule has 1 heterocycles. The molecule has 2 aromatic rings. The van der Waals surface area contributed by atoms with Gasteiger partial charge in [-0.1, -0.05) is 19.0 Å². The highest BCUT2D eigenvalue weighted by Crippen LogP contribution is 2.30. The van der Waals surface area contributed by atoms with Gasteiger partial charge in [-0.3, -0.25) is 4.79 Å². The monoisotopic (exact) mass is 302 g/mol. The molecule has 1 aromatic heterocycles. The van der Waals surface area contributed by atoms with Crippen LogP contribution in [0.2, 0.25) is 0 Å². The molecule has 4 nitrogen and oxygen atoms in total. The molecule has 0 unspecified atom stereocenters. The van der Waals surface area contributed by atoms with Gasteiger partial charge in [0.15, 0.2) is 5.76 Å². The number of amides is 1. The lowest BCUT2D eigenvalue weighted by atomic mass is 10.1. The summed E-state index contributed by atoms with van der Waals surface area (Å²) in [6.07, 6.45) is 2.11. The van der Waals surface area contributed by atoms with Crippen LogP contribution in [0.1, 0.15) is 32.4 Å². The Morgan fingerprint density at radius 3 is 2.64 bits per heavy atom. The second-order valence-corrected chi connectivity index (χ2v) is 6.04. The van der Waals surface area contributed by atoms with Crippen LogP contribution in [0.15, 0.2) is 34.9 Å². The van der Waals surface area contributed by atoms with E-state index in [4.69, 9.17) is 4.52 Å². The van der Waals surface area contributed by atoms with E-state index in [2.05, 4.69) is 5.16 Å². The van der Waals surface area contributed by atoms with Crippen molar-refractivity contribution in [2.75, 3.05) is 0 Å². The van der Waals surface area contributed by atoms with Crippen LogP contribution in [0.5, 0.6) is 0 Å². The minimum absolute atomic E-state index is 0.0240.